The van der Waals surface area contributed by atoms with Crippen molar-refractivity contribution in [1.82, 2.24) is 9.80 Å². The zero-order chi connectivity index (χ0) is 12.3. The van der Waals surface area contributed by atoms with Crippen LogP contribution in [0.4, 0.5) is 0 Å². The van der Waals surface area contributed by atoms with Crippen LogP contribution in [0.3, 0.4) is 0 Å². The summed E-state index contributed by atoms with van der Waals surface area (Å²) < 4.78 is 0. The van der Waals surface area contributed by atoms with Gasteiger partial charge in [0, 0.05) is 19.1 Å². The Kier molecular flexibility index (Phi) is 4.40. The molecule has 2 fully saturated rings. The molecule has 2 aliphatic rings. The summed E-state index contributed by atoms with van der Waals surface area (Å²) in [5, 5.41) is 0. The van der Waals surface area contributed by atoms with Gasteiger partial charge in [0.25, 0.3) is 0 Å². The Morgan fingerprint density at radius 2 is 2.00 bits per heavy atom. The fourth-order valence-electron chi connectivity index (χ4n) is 2.97. The molecule has 2 saturated heterocycles. The third-order valence-electron chi connectivity index (χ3n) is 4.12. The summed E-state index contributed by atoms with van der Waals surface area (Å²) in [4.78, 5) is 16.6. The van der Waals surface area contributed by atoms with Gasteiger partial charge in [0.15, 0.2) is 0 Å². The van der Waals surface area contributed by atoms with E-state index in [0.717, 1.165) is 25.9 Å². The molecule has 4 nitrogen and oxygen atoms in total. The number of nitrogens with two attached hydrogens (primary N) is 1. The molecule has 2 unspecified atom stereocenters. The second-order valence-corrected chi connectivity index (χ2v) is 5.34. The van der Waals surface area contributed by atoms with Crippen LogP contribution in [0.15, 0.2) is 0 Å². The molecular weight excluding hydrogens is 214 g/mol. The van der Waals surface area contributed by atoms with E-state index in [9.17, 15) is 4.79 Å². The predicted molar refractivity (Wildman–Crippen MR) is 68.7 cm³/mol. The molecule has 0 aromatic rings. The van der Waals surface area contributed by atoms with E-state index in [2.05, 4.69) is 4.90 Å². The molecule has 0 bridgehead atoms. The van der Waals surface area contributed by atoms with Crippen molar-refractivity contribution in [3.63, 3.8) is 0 Å². The fourth-order valence-corrected chi connectivity index (χ4v) is 2.97. The molecule has 98 valence electrons. The van der Waals surface area contributed by atoms with Gasteiger partial charge in [-0.3, -0.25) is 9.69 Å². The third kappa shape index (κ3) is 2.99. The van der Waals surface area contributed by atoms with E-state index in [1.54, 1.807) is 0 Å². The molecule has 2 N–H and O–H groups in total. The number of piperidine rings is 1. The van der Waals surface area contributed by atoms with Gasteiger partial charge in [-0.2, -0.15) is 0 Å². The molecule has 0 radical (unpaired) electrons. The molecule has 4 heteroatoms. The first kappa shape index (κ1) is 12.8. The number of carbonyl (C=O) groups is 1. The molecule has 0 aromatic carbocycles. The topological polar surface area (TPSA) is 49.6 Å². The maximum Gasteiger partial charge on any atom is 0.239 e. The molecule has 2 aliphatic heterocycles. The van der Waals surface area contributed by atoms with Gasteiger partial charge in [0.1, 0.15) is 0 Å². The van der Waals surface area contributed by atoms with Crippen LogP contribution >= 0.6 is 0 Å². The lowest BCUT2D eigenvalue weighted by Gasteiger charge is -2.38. The van der Waals surface area contributed by atoms with Gasteiger partial charge in [0.2, 0.25) is 5.91 Å². The van der Waals surface area contributed by atoms with E-state index in [1.807, 2.05) is 11.8 Å². The van der Waals surface area contributed by atoms with Crippen molar-refractivity contribution in [2.75, 3.05) is 26.2 Å². The quantitative estimate of drug-likeness (QED) is 0.793. The number of hydrogen-bond acceptors (Lipinski definition) is 3. The van der Waals surface area contributed by atoms with Gasteiger partial charge in [0.05, 0.1) is 6.04 Å². The molecule has 2 rings (SSSR count). The molecule has 0 saturated carbocycles. The van der Waals surface area contributed by atoms with Gasteiger partial charge in [-0.05, 0) is 45.2 Å². The van der Waals surface area contributed by atoms with E-state index in [0.29, 0.717) is 6.04 Å². The van der Waals surface area contributed by atoms with Gasteiger partial charge < -0.3 is 10.6 Å². The lowest BCUT2D eigenvalue weighted by atomic mass is 10.0. The molecular formula is C13H25N3O. The van der Waals surface area contributed by atoms with Crippen molar-refractivity contribution in [3.8, 4) is 0 Å². The Labute approximate surface area is 104 Å². The number of hydrogen-bond donors (Lipinski definition) is 1. The lowest BCUT2D eigenvalue weighted by Crippen LogP contribution is -2.52. The zero-order valence-electron chi connectivity index (χ0n) is 10.9. The number of rotatable bonds is 3. The number of carbonyl (C=O) groups excluding carboxylic acids is 1. The average Bonchev–Trinajstić information content (AvgIpc) is 2.91. The standard InChI is InChI=1S/C13H25N3O/c1-2-12(14)13(17)16-9-5-6-11(10-16)15-7-3-4-8-15/h11-12H,2-10,14H2,1H3. The van der Waals surface area contributed by atoms with Crippen LogP contribution in [-0.4, -0.2) is 54.0 Å². The van der Waals surface area contributed by atoms with E-state index in [1.165, 1.54) is 32.4 Å². The highest BCUT2D eigenvalue weighted by Gasteiger charge is 2.30. The van der Waals surface area contributed by atoms with Crippen LogP contribution in [0.1, 0.15) is 39.0 Å². The lowest BCUT2D eigenvalue weighted by molar-refractivity contribution is -0.134. The average molecular weight is 239 g/mol. The first-order valence-electron chi connectivity index (χ1n) is 7.00. The molecule has 0 spiro atoms. The second-order valence-electron chi connectivity index (χ2n) is 5.34. The van der Waals surface area contributed by atoms with Gasteiger partial charge in [-0.1, -0.05) is 6.92 Å². The minimum absolute atomic E-state index is 0.149. The minimum atomic E-state index is -0.299. The van der Waals surface area contributed by atoms with Crippen LogP contribution < -0.4 is 5.73 Å². The van der Waals surface area contributed by atoms with Crippen LogP contribution in [0, 0.1) is 0 Å². The maximum atomic E-state index is 12.1. The van der Waals surface area contributed by atoms with Crippen molar-refractivity contribution in [2.45, 2.75) is 51.1 Å². The maximum absolute atomic E-state index is 12.1. The van der Waals surface area contributed by atoms with Crippen LogP contribution in [0.2, 0.25) is 0 Å². The van der Waals surface area contributed by atoms with Crippen molar-refractivity contribution in [1.29, 1.82) is 0 Å². The van der Waals surface area contributed by atoms with E-state index in [4.69, 9.17) is 5.73 Å². The summed E-state index contributed by atoms with van der Waals surface area (Å²) in [5.41, 5.74) is 5.84. The largest absolute Gasteiger partial charge is 0.340 e. The number of amides is 1. The first-order valence-corrected chi connectivity index (χ1v) is 7.00. The molecule has 0 aliphatic carbocycles. The van der Waals surface area contributed by atoms with Crippen LogP contribution in [0.25, 0.3) is 0 Å². The summed E-state index contributed by atoms with van der Waals surface area (Å²) in [6.45, 7) is 6.20. The molecule has 2 atom stereocenters. The van der Waals surface area contributed by atoms with Crippen LogP contribution in [-0.2, 0) is 4.79 Å². The normalized spacial score (nSPS) is 28.4. The summed E-state index contributed by atoms with van der Waals surface area (Å²) in [6, 6.07) is 0.284. The highest BCUT2D eigenvalue weighted by atomic mass is 16.2. The molecule has 1 amide bonds. The summed E-state index contributed by atoms with van der Waals surface area (Å²) in [7, 11) is 0. The Morgan fingerprint density at radius 1 is 1.29 bits per heavy atom. The van der Waals surface area contributed by atoms with E-state index in [-0.39, 0.29) is 11.9 Å². The third-order valence-corrected chi connectivity index (χ3v) is 4.12. The summed E-state index contributed by atoms with van der Waals surface area (Å²) in [5.74, 6) is 0.149. The second kappa shape index (κ2) is 5.83. The van der Waals surface area contributed by atoms with Gasteiger partial charge >= 0.3 is 0 Å². The molecule has 17 heavy (non-hydrogen) atoms. The summed E-state index contributed by atoms with van der Waals surface area (Å²) >= 11 is 0. The highest BCUT2D eigenvalue weighted by Crippen LogP contribution is 2.20. The Hall–Kier alpha value is -0.610. The number of nitrogens with zero attached hydrogens (tertiary/aromatic N) is 2. The Balaban J connectivity index is 1.89. The van der Waals surface area contributed by atoms with Gasteiger partial charge in [-0.25, -0.2) is 0 Å². The fraction of sp³-hybridized carbons (Fsp3) is 0.923. The van der Waals surface area contributed by atoms with E-state index < -0.39 is 0 Å². The monoisotopic (exact) mass is 239 g/mol. The smallest absolute Gasteiger partial charge is 0.239 e. The number of likely N-dealkylation sites (tertiary alicyclic amines) is 2. The Bertz CT molecular complexity index is 263. The van der Waals surface area contributed by atoms with Crippen molar-refractivity contribution in [3.05, 3.63) is 0 Å². The predicted octanol–water partition coefficient (Wildman–Crippen LogP) is 0.811. The van der Waals surface area contributed by atoms with Crippen LogP contribution in [0.5, 0.6) is 0 Å². The minimum Gasteiger partial charge on any atom is -0.340 e. The SMILES string of the molecule is CCC(N)C(=O)N1CCCC(N2CCCC2)C1. The highest BCUT2D eigenvalue weighted by molar-refractivity contribution is 5.81. The van der Waals surface area contributed by atoms with Gasteiger partial charge in [-0.15, -0.1) is 0 Å². The summed E-state index contributed by atoms with van der Waals surface area (Å²) in [6.07, 6.45) is 5.75. The van der Waals surface area contributed by atoms with Crippen molar-refractivity contribution < 1.29 is 4.79 Å². The Morgan fingerprint density at radius 3 is 2.65 bits per heavy atom. The zero-order valence-corrected chi connectivity index (χ0v) is 10.9. The molecule has 2 heterocycles. The van der Waals surface area contributed by atoms with Crippen molar-refractivity contribution in [2.24, 2.45) is 5.73 Å². The van der Waals surface area contributed by atoms with Crippen molar-refractivity contribution >= 4 is 5.91 Å². The van der Waals surface area contributed by atoms with E-state index >= 15 is 0 Å². The molecule has 0 aromatic heterocycles. The first-order chi connectivity index (χ1) is 8.22.